The van der Waals surface area contributed by atoms with E-state index in [1.54, 1.807) is 84.9 Å². The number of aryl methyl sites for hydroxylation is 4. The minimum Gasteiger partial charge on any atom is -0.423 e. The Kier molecular flexibility index (Phi) is 30.8. The summed E-state index contributed by atoms with van der Waals surface area (Å²) in [5.74, 6) is -40.2. The third-order valence-electron chi connectivity index (χ3n) is 18.2. The summed E-state index contributed by atoms with van der Waals surface area (Å²) < 4.78 is 403. The molecule has 0 aliphatic rings. The van der Waals surface area contributed by atoms with Crippen LogP contribution in [0, 0.1) is 116 Å². The van der Waals surface area contributed by atoms with Crippen molar-refractivity contribution in [2.24, 2.45) is 0 Å². The fourth-order valence-electron chi connectivity index (χ4n) is 11.7. The highest BCUT2D eigenvalue weighted by Crippen LogP contribution is 2.44. The van der Waals surface area contributed by atoms with Crippen molar-refractivity contribution in [2.45, 2.75) is 116 Å². The third-order valence-corrected chi connectivity index (χ3v) is 18.2. The highest BCUT2D eigenvalue weighted by Gasteiger charge is 2.43. The van der Waals surface area contributed by atoms with E-state index < -0.39 is 186 Å². The predicted molar refractivity (Wildman–Crippen MR) is 396 cm³/mol. The average Bonchev–Trinajstić information content (AvgIpc) is 0.797. The molecule has 644 valence electrons. The van der Waals surface area contributed by atoms with Crippen LogP contribution in [0.4, 0.5) is 123 Å². The van der Waals surface area contributed by atoms with E-state index in [0.717, 1.165) is 135 Å². The van der Waals surface area contributed by atoms with Crippen molar-refractivity contribution in [3.05, 3.63) is 355 Å². The molecule has 0 heterocycles. The molecule has 0 atom stereocenters. The van der Waals surface area contributed by atoms with Gasteiger partial charge in [0, 0.05) is 0 Å². The van der Waals surface area contributed by atoms with Gasteiger partial charge in [0.05, 0.1) is 22.3 Å². The Balaban J connectivity index is 0.000000185. The van der Waals surface area contributed by atoms with Crippen molar-refractivity contribution in [1.29, 1.82) is 0 Å². The number of ether oxygens (including phenoxy) is 4. The summed E-state index contributed by atoms with van der Waals surface area (Å²) >= 11 is 0. The fraction of sp³-hybridized carbons (Fsp3) is 0.200. The Morgan fingerprint density at radius 2 is 0.385 bits per heavy atom. The van der Waals surface area contributed by atoms with Gasteiger partial charge in [-0.05, 0) is 202 Å². The SMILES string of the molecule is CCCCCc1ccc(-c2cc(F)c(OC(F)(F)c3cc(F)c(F)c(F)c3)c(F)c2)cc1.CCCCc1ccc(-c2cc(F)c(OC(F)(F)c3cc(F)c(F)c(F)c3)c(F)c2)cc1.CCCc1ccc(-c2cc(F)c(OC(F)(F)c3cc(F)c(F)c(F)c3)c(F)c2)cc1.CCc1ccc(-c2cc(F)c(OC(F)(F)c3cc(F)c(F)c(F)c3)c(F)c2)cc1. The maximum atomic E-state index is 14.4. The van der Waals surface area contributed by atoms with Crippen molar-refractivity contribution in [3.8, 4) is 67.5 Å². The molecule has 0 saturated carbocycles. The standard InChI is InChI=1S/C24H19F7O.C23H17F7O.C22H15F7O.C21H13F7O/c1-2-3-4-5-14-6-8-15(9-7-14)16-10-20(27)23(21(28)11-16)32-24(30,31)17-12-18(25)22(29)19(26)13-17;1-2-3-4-13-5-7-14(8-6-13)15-9-19(26)22(20(27)10-15)31-23(29,30)16-11-17(24)21(28)18(25)12-16;1-2-3-12-4-6-13(7-5-12)14-8-18(25)21(19(26)9-14)30-22(28,29)15-10-16(23)20(27)17(24)11-15;1-2-11-3-5-12(6-4-11)13-7-17(24)20(18(25)8-13)29-21(27,28)14-9-15(22)19(26)16(23)10-14/h6-13H,2-5H2,1H3;5-12H,2-4H2,1H3;4-11H,2-3H2,1H3;3-10H,2H2,1H3. The molecule has 0 fully saturated rings. The molecule has 0 spiro atoms. The quantitative estimate of drug-likeness (QED) is 0.0308. The van der Waals surface area contributed by atoms with E-state index in [4.69, 9.17) is 0 Å². The van der Waals surface area contributed by atoms with Crippen LogP contribution < -0.4 is 18.9 Å². The summed E-state index contributed by atoms with van der Waals surface area (Å²) in [4.78, 5) is 0. The van der Waals surface area contributed by atoms with E-state index in [2.05, 4.69) is 32.8 Å². The van der Waals surface area contributed by atoms with Gasteiger partial charge in [-0.1, -0.05) is 150 Å². The van der Waals surface area contributed by atoms with Gasteiger partial charge in [-0.25, -0.2) is 87.8 Å². The van der Waals surface area contributed by atoms with Gasteiger partial charge in [0.15, 0.2) is 139 Å². The van der Waals surface area contributed by atoms with E-state index in [1.165, 1.54) is 0 Å². The number of hydrogen-bond donors (Lipinski definition) is 0. The minimum atomic E-state index is -4.53. The summed E-state index contributed by atoms with van der Waals surface area (Å²) in [6.07, 6.45) is -8.70. The highest BCUT2D eigenvalue weighted by molar-refractivity contribution is 5.68. The van der Waals surface area contributed by atoms with Gasteiger partial charge in [-0.2, -0.15) is 35.1 Å². The lowest BCUT2D eigenvalue weighted by Crippen LogP contribution is -2.24. The molecule has 12 aromatic rings. The van der Waals surface area contributed by atoms with Crippen LogP contribution in [0.5, 0.6) is 23.0 Å². The first-order valence-corrected chi connectivity index (χ1v) is 36.7. The molecule has 12 aromatic carbocycles. The number of rotatable bonds is 26. The summed E-state index contributed by atoms with van der Waals surface area (Å²) in [7, 11) is 0. The monoisotopic (exact) mass is 1740 g/mol. The molecule has 0 aliphatic heterocycles. The van der Waals surface area contributed by atoms with Gasteiger partial charge in [-0.3, -0.25) is 0 Å². The number of benzene rings is 12. The van der Waals surface area contributed by atoms with Gasteiger partial charge in [0.2, 0.25) is 0 Å². The second-order valence-corrected chi connectivity index (χ2v) is 27.0. The molecule has 0 aromatic heterocycles. The Labute approximate surface area is 678 Å². The fourth-order valence-corrected chi connectivity index (χ4v) is 11.7. The molecule has 0 unspecified atom stereocenters. The van der Waals surface area contributed by atoms with Crippen LogP contribution in [0.3, 0.4) is 0 Å². The lowest BCUT2D eigenvalue weighted by Gasteiger charge is -2.20. The summed E-state index contributed by atoms with van der Waals surface area (Å²) in [5, 5.41) is 0. The second-order valence-electron chi connectivity index (χ2n) is 27.0. The maximum absolute atomic E-state index is 14.4. The zero-order chi connectivity index (χ0) is 89.6. The van der Waals surface area contributed by atoms with Crippen LogP contribution in [-0.2, 0) is 50.1 Å². The lowest BCUT2D eigenvalue weighted by molar-refractivity contribution is -0.189. The van der Waals surface area contributed by atoms with Crippen molar-refractivity contribution in [3.63, 3.8) is 0 Å². The van der Waals surface area contributed by atoms with Crippen molar-refractivity contribution < 1.29 is 142 Å². The molecule has 0 saturated heterocycles. The first-order valence-electron chi connectivity index (χ1n) is 36.7. The van der Waals surface area contributed by atoms with E-state index in [0.29, 0.717) is 22.3 Å². The zero-order valence-corrected chi connectivity index (χ0v) is 63.8. The smallest absolute Gasteiger partial charge is 0.423 e. The lowest BCUT2D eigenvalue weighted by atomic mass is 10.0. The summed E-state index contributed by atoms with van der Waals surface area (Å²) in [6, 6.07) is 33.8. The second kappa shape index (κ2) is 40.0. The van der Waals surface area contributed by atoms with Crippen LogP contribution in [0.1, 0.15) is 111 Å². The normalized spacial score (nSPS) is 11.6. The molecule has 4 nitrogen and oxygen atoms in total. The van der Waals surface area contributed by atoms with Gasteiger partial charge in [0.25, 0.3) is 0 Å². The Bertz CT molecular complexity index is 5480. The van der Waals surface area contributed by atoms with E-state index in [-0.39, 0.29) is 70.8 Å². The molecule has 12 rings (SSSR count). The molecule has 0 N–H and O–H groups in total. The number of unbranched alkanes of at least 4 members (excludes halogenated alkanes) is 3. The van der Waals surface area contributed by atoms with Gasteiger partial charge >= 0.3 is 24.4 Å². The van der Waals surface area contributed by atoms with E-state index >= 15 is 0 Å². The average molecular weight is 1740 g/mol. The predicted octanol–water partition coefficient (Wildman–Crippen LogP) is 29.3. The van der Waals surface area contributed by atoms with Crippen molar-refractivity contribution in [1.82, 2.24) is 0 Å². The van der Waals surface area contributed by atoms with Gasteiger partial charge < -0.3 is 18.9 Å². The van der Waals surface area contributed by atoms with Crippen LogP contribution in [-0.4, -0.2) is 0 Å². The molecule has 0 bridgehead atoms. The first kappa shape index (κ1) is 93.7. The van der Waals surface area contributed by atoms with Gasteiger partial charge in [0.1, 0.15) is 0 Å². The molecule has 32 heteroatoms. The number of alkyl halides is 8. The van der Waals surface area contributed by atoms with Crippen LogP contribution in [0.2, 0.25) is 0 Å². The van der Waals surface area contributed by atoms with Gasteiger partial charge in [-0.15, -0.1) is 0 Å². The minimum absolute atomic E-state index is 0.00927. The van der Waals surface area contributed by atoms with E-state index in [1.807, 2.05) is 26.0 Å². The topological polar surface area (TPSA) is 36.9 Å². The largest absolute Gasteiger partial charge is 0.427 e. The third kappa shape index (κ3) is 23.3. The molecule has 122 heavy (non-hydrogen) atoms. The van der Waals surface area contributed by atoms with Crippen LogP contribution in [0.15, 0.2) is 194 Å². The van der Waals surface area contributed by atoms with Crippen LogP contribution >= 0.6 is 0 Å². The Hall–Kier alpha value is -12.1. The Morgan fingerprint density at radius 1 is 0.197 bits per heavy atom. The molecule has 0 radical (unpaired) electrons. The number of halogens is 28. The molecule has 0 amide bonds. The first-order chi connectivity index (χ1) is 57.5. The van der Waals surface area contributed by atoms with E-state index in [9.17, 15) is 123 Å². The number of hydrogen-bond acceptors (Lipinski definition) is 4. The highest BCUT2D eigenvalue weighted by atomic mass is 19.3. The van der Waals surface area contributed by atoms with Crippen molar-refractivity contribution in [2.75, 3.05) is 0 Å². The van der Waals surface area contributed by atoms with Crippen molar-refractivity contribution >= 4 is 0 Å². The molecular weight excluding hydrogens is 1680 g/mol. The molecular formula is C90H64F28O4. The van der Waals surface area contributed by atoms with Crippen LogP contribution in [0.25, 0.3) is 44.5 Å². The molecule has 0 aliphatic carbocycles. The maximum Gasteiger partial charge on any atom is 0.427 e. The summed E-state index contributed by atoms with van der Waals surface area (Å²) in [5.41, 5.74) is 0.544. The summed E-state index contributed by atoms with van der Waals surface area (Å²) in [6.45, 7) is 8.07. The zero-order valence-electron chi connectivity index (χ0n) is 63.8. The Morgan fingerprint density at radius 3 is 0.574 bits per heavy atom.